The van der Waals surface area contributed by atoms with E-state index in [1.807, 2.05) is 59.5 Å². The van der Waals surface area contributed by atoms with Crippen LogP contribution in [0.15, 0.2) is 64.2 Å². The standard InChI is InChI=1S/C18H17NO2S3/c1-22-14-7-3-2-6-13(14)17(20)19-12-18(21,15-8-4-10-23-15)16-9-5-11-24-16/h2-11,21H,12H2,1H3,(H,19,20). The number of carbonyl (C=O) groups is 1. The van der Waals surface area contributed by atoms with Gasteiger partial charge in [0.05, 0.1) is 12.1 Å². The molecule has 2 heterocycles. The molecule has 3 rings (SSSR count). The number of amides is 1. The van der Waals surface area contributed by atoms with E-state index in [4.69, 9.17) is 0 Å². The van der Waals surface area contributed by atoms with E-state index >= 15 is 0 Å². The van der Waals surface area contributed by atoms with Gasteiger partial charge in [-0.1, -0.05) is 24.3 Å². The van der Waals surface area contributed by atoms with Gasteiger partial charge in [-0.2, -0.15) is 0 Å². The minimum Gasteiger partial charge on any atom is -0.377 e. The normalized spacial score (nSPS) is 11.4. The van der Waals surface area contributed by atoms with E-state index in [1.54, 1.807) is 6.07 Å². The summed E-state index contributed by atoms with van der Waals surface area (Å²) in [5, 5.41) is 18.0. The number of benzene rings is 1. The molecule has 24 heavy (non-hydrogen) atoms. The maximum atomic E-state index is 12.6. The van der Waals surface area contributed by atoms with Gasteiger partial charge in [0, 0.05) is 14.6 Å². The molecule has 0 aliphatic carbocycles. The number of aliphatic hydroxyl groups is 1. The fourth-order valence-electron chi connectivity index (χ4n) is 2.46. The number of nitrogens with one attached hydrogen (secondary N) is 1. The van der Waals surface area contributed by atoms with Crippen LogP contribution in [0, 0.1) is 0 Å². The van der Waals surface area contributed by atoms with Gasteiger partial charge in [0.15, 0.2) is 0 Å². The average Bonchev–Trinajstić information content (AvgIpc) is 3.33. The number of rotatable bonds is 6. The van der Waals surface area contributed by atoms with Crippen LogP contribution in [0.2, 0.25) is 0 Å². The summed E-state index contributed by atoms with van der Waals surface area (Å²) in [4.78, 5) is 15.1. The third kappa shape index (κ3) is 3.42. The Labute approximate surface area is 153 Å². The summed E-state index contributed by atoms with van der Waals surface area (Å²) in [5.41, 5.74) is -0.573. The van der Waals surface area contributed by atoms with Crippen LogP contribution in [0.25, 0.3) is 0 Å². The SMILES string of the molecule is CSc1ccccc1C(=O)NCC(O)(c1cccs1)c1cccs1. The quantitative estimate of drug-likeness (QED) is 0.635. The molecule has 0 bridgehead atoms. The molecule has 1 aromatic carbocycles. The van der Waals surface area contributed by atoms with Crippen LogP contribution >= 0.6 is 34.4 Å². The van der Waals surface area contributed by atoms with Gasteiger partial charge in [0.1, 0.15) is 5.60 Å². The molecule has 1 amide bonds. The van der Waals surface area contributed by atoms with Crippen molar-refractivity contribution in [1.29, 1.82) is 0 Å². The van der Waals surface area contributed by atoms with E-state index in [0.717, 1.165) is 14.6 Å². The highest BCUT2D eigenvalue weighted by molar-refractivity contribution is 7.98. The Kier molecular flexibility index (Phi) is 5.40. The Morgan fingerprint density at radius 1 is 1.08 bits per heavy atom. The fraction of sp³-hybridized carbons (Fsp3) is 0.167. The van der Waals surface area contributed by atoms with Crippen molar-refractivity contribution < 1.29 is 9.90 Å². The van der Waals surface area contributed by atoms with Crippen LogP contribution in [0.1, 0.15) is 20.1 Å². The monoisotopic (exact) mass is 375 g/mol. The Hall–Kier alpha value is -1.60. The zero-order valence-electron chi connectivity index (χ0n) is 13.1. The van der Waals surface area contributed by atoms with E-state index < -0.39 is 5.60 Å². The molecule has 124 valence electrons. The Bertz CT molecular complexity index is 763. The highest BCUT2D eigenvalue weighted by Crippen LogP contribution is 2.35. The van der Waals surface area contributed by atoms with Gasteiger partial charge < -0.3 is 10.4 Å². The van der Waals surface area contributed by atoms with Gasteiger partial charge in [-0.25, -0.2) is 0 Å². The van der Waals surface area contributed by atoms with Crippen LogP contribution in [-0.4, -0.2) is 23.8 Å². The van der Waals surface area contributed by atoms with Crippen molar-refractivity contribution in [2.45, 2.75) is 10.5 Å². The predicted molar refractivity (Wildman–Crippen MR) is 102 cm³/mol. The maximum absolute atomic E-state index is 12.6. The van der Waals surface area contributed by atoms with Gasteiger partial charge in [-0.05, 0) is 41.3 Å². The van der Waals surface area contributed by atoms with E-state index in [2.05, 4.69) is 5.32 Å². The second-order valence-electron chi connectivity index (χ2n) is 5.20. The van der Waals surface area contributed by atoms with Crippen molar-refractivity contribution in [2.75, 3.05) is 12.8 Å². The molecular formula is C18H17NO2S3. The molecule has 0 atom stereocenters. The zero-order valence-corrected chi connectivity index (χ0v) is 15.5. The molecule has 2 N–H and O–H groups in total. The summed E-state index contributed by atoms with van der Waals surface area (Å²) in [6, 6.07) is 15.1. The molecule has 0 saturated carbocycles. The van der Waals surface area contributed by atoms with E-state index in [1.165, 1.54) is 34.4 Å². The fourth-order valence-corrected chi connectivity index (χ4v) is 4.79. The van der Waals surface area contributed by atoms with Crippen molar-refractivity contribution in [2.24, 2.45) is 0 Å². The molecule has 0 aliphatic heterocycles. The van der Waals surface area contributed by atoms with Crippen molar-refractivity contribution in [1.82, 2.24) is 5.32 Å². The van der Waals surface area contributed by atoms with E-state index in [-0.39, 0.29) is 12.5 Å². The summed E-state index contributed by atoms with van der Waals surface area (Å²) < 4.78 is 0. The van der Waals surface area contributed by atoms with Crippen LogP contribution in [0.5, 0.6) is 0 Å². The predicted octanol–water partition coefficient (Wildman–Crippen LogP) is 4.20. The van der Waals surface area contributed by atoms with Crippen LogP contribution in [-0.2, 0) is 5.60 Å². The Morgan fingerprint density at radius 3 is 2.25 bits per heavy atom. The van der Waals surface area contributed by atoms with Crippen LogP contribution in [0.3, 0.4) is 0 Å². The number of carbonyl (C=O) groups excluding carboxylic acids is 1. The molecule has 0 saturated heterocycles. The van der Waals surface area contributed by atoms with Crippen molar-refractivity contribution >= 4 is 40.3 Å². The van der Waals surface area contributed by atoms with E-state index in [9.17, 15) is 9.90 Å². The summed E-state index contributed by atoms with van der Waals surface area (Å²) in [6.07, 6.45) is 1.94. The number of hydrogen-bond acceptors (Lipinski definition) is 5. The second kappa shape index (κ2) is 7.53. The Balaban J connectivity index is 1.83. The maximum Gasteiger partial charge on any atom is 0.252 e. The summed E-state index contributed by atoms with van der Waals surface area (Å²) in [6.45, 7) is 0.134. The van der Waals surface area contributed by atoms with Crippen LogP contribution in [0.4, 0.5) is 0 Å². The Morgan fingerprint density at radius 2 is 1.71 bits per heavy atom. The lowest BCUT2D eigenvalue weighted by molar-refractivity contribution is 0.0737. The first kappa shape index (κ1) is 17.2. The molecular weight excluding hydrogens is 358 g/mol. The zero-order chi connectivity index (χ0) is 17.0. The topological polar surface area (TPSA) is 49.3 Å². The largest absolute Gasteiger partial charge is 0.377 e. The molecule has 0 fully saturated rings. The highest BCUT2D eigenvalue weighted by Gasteiger charge is 2.34. The van der Waals surface area contributed by atoms with Gasteiger partial charge in [-0.3, -0.25) is 4.79 Å². The summed E-state index contributed by atoms with van der Waals surface area (Å²) >= 11 is 4.50. The van der Waals surface area contributed by atoms with Gasteiger partial charge in [-0.15, -0.1) is 34.4 Å². The first-order valence-corrected chi connectivity index (χ1v) is 10.3. The summed E-state index contributed by atoms with van der Waals surface area (Å²) in [5.74, 6) is -0.175. The second-order valence-corrected chi connectivity index (χ2v) is 7.94. The molecule has 3 nitrogen and oxygen atoms in total. The minimum absolute atomic E-state index is 0.134. The lowest BCUT2D eigenvalue weighted by Gasteiger charge is -2.26. The van der Waals surface area contributed by atoms with Gasteiger partial charge >= 0.3 is 0 Å². The van der Waals surface area contributed by atoms with Gasteiger partial charge in [0.25, 0.3) is 5.91 Å². The average molecular weight is 376 g/mol. The number of hydrogen-bond donors (Lipinski definition) is 2. The third-order valence-electron chi connectivity index (χ3n) is 3.71. The first-order valence-electron chi connectivity index (χ1n) is 7.36. The molecule has 0 radical (unpaired) electrons. The highest BCUT2D eigenvalue weighted by atomic mass is 32.2. The minimum atomic E-state index is -1.20. The first-order chi connectivity index (χ1) is 11.6. The molecule has 3 aromatic rings. The van der Waals surface area contributed by atoms with E-state index in [0.29, 0.717) is 5.56 Å². The lowest BCUT2D eigenvalue weighted by atomic mass is 9.99. The van der Waals surface area contributed by atoms with Gasteiger partial charge in [0.2, 0.25) is 0 Å². The third-order valence-corrected chi connectivity index (χ3v) is 6.55. The van der Waals surface area contributed by atoms with Crippen molar-refractivity contribution in [3.05, 3.63) is 74.6 Å². The molecule has 6 heteroatoms. The molecule has 0 spiro atoms. The van der Waals surface area contributed by atoms with Crippen molar-refractivity contribution in [3.63, 3.8) is 0 Å². The molecule has 2 aromatic heterocycles. The lowest BCUT2D eigenvalue weighted by Crippen LogP contribution is -2.40. The number of thiophene rings is 2. The van der Waals surface area contributed by atoms with Crippen LogP contribution < -0.4 is 5.32 Å². The molecule has 0 aliphatic rings. The van der Waals surface area contributed by atoms with Crippen molar-refractivity contribution in [3.8, 4) is 0 Å². The smallest absolute Gasteiger partial charge is 0.252 e. The summed E-state index contributed by atoms with van der Waals surface area (Å²) in [7, 11) is 0. The number of thioether (sulfide) groups is 1. The molecule has 0 unspecified atom stereocenters.